The zero-order valence-electron chi connectivity index (χ0n) is 10.7. The van der Waals surface area contributed by atoms with Gasteiger partial charge in [-0.1, -0.05) is 36.4 Å². The van der Waals surface area contributed by atoms with Gasteiger partial charge in [-0.05, 0) is 45.0 Å². The summed E-state index contributed by atoms with van der Waals surface area (Å²) in [4.78, 5) is 0. The van der Waals surface area contributed by atoms with E-state index in [1.165, 1.54) is 0 Å². The molecule has 0 bridgehead atoms. The van der Waals surface area contributed by atoms with E-state index in [0.29, 0.717) is 3.42 Å². The third-order valence-electron chi connectivity index (χ3n) is 2.47. The van der Waals surface area contributed by atoms with Gasteiger partial charge in [-0.15, -0.1) is 0 Å². The number of hydrogen-bond donors (Lipinski definition) is 0. The Hall–Kier alpha value is -0.830. The molecule has 0 heterocycles. The van der Waals surface area contributed by atoms with Crippen LogP contribution in [0, 0.1) is 7.14 Å². The first-order chi connectivity index (χ1) is 8.09. The van der Waals surface area contributed by atoms with Crippen LogP contribution in [0.1, 0.15) is 20.8 Å². The highest BCUT2D eigenvalue weighted by Crippen LogP contribution is 1.94. The molecule has 0 N–H and O–H groups in total. The van der Waals surface area contributed by atoms with Crippen molar-refractivity contribution in [3.63, 3.8) is 0 Å². The van der Waals surface area contributed by atoms with Crippen molar-refractivity contribution in [1.82, 2.24) is 0 Å². The fourth-order valence-electron chi connectivity index (χ4n) is 1.86. The Bertz CT molecular complexity index is 414. The SMILES string of the molecule is CC(C)(C)[I+](c1ccccc1)c1ccccc1. The minimum absolute atomic E-state index is 0.382. The van der Waals surface area contributed by atoms with Crippen LogP contribution in [0.4, 0.5) is 0 Å². The van der Waals surface area contributed by atoms with Gasteiger partial charge < -0.3 is 0 Å². The molecule has 1 radical (unpaired) electrons. The quantitative estimate of drug-likeness (QED) is 0.569. The monoisotopic (exact) mass is 338 g/mol. The molecular weight excluding hydrogens is 319 g/mol. The van der Waals surface area contributed by atoms with Gasteiger partial charge in [0.1, 0.15) is 23.2 Å². The second kappa shape index (κ2) is 5.21. The first-order valence-corrected chi connectivity index (χ1v) is 9.12. The Morgan fingerprint density at radius 2 is 1.00 bits per heavy atom. The van der Waals surface area contributed by atoms with Crippen molar-refractivity contribution < 1.29 is 19.8 Å². The Morgan fingerprint density at radius 1 is 0.647 bits per heavy atom. The van der Waals surface area contributed by atoms with E-state index in [2.05, 4.69) is 81.4 Å². The Balaban J connectivity index is 2.48. The Morgan fingerprint density at radius 3 is 1.29 bits per heavy atom. The van der Waals surface area contributed by atoms with Gasteiger partial charge in [0.05, 0.1) is 0 Å². The minimum Gasteiger partial charge on any atom is -0.0619 e. The molecule has 2 rings (SSSR count). The maximum absolute atomic E-state index is 2.37. The van der Waals surface area contributed by atoms with E-state index < -0.39 is 19.8 Å². The van der Waals surface area contributed by atoms with Crippen molar-refractivity contribution in [3.05, 3.63) is 67.8 Å². The summed E-state index contributed by atoms with van der Waals surface area (Å²) in [6, 6.07) is 22.0. The van der Waals surface area contributed by atoms with Gasteiger partial charge >= 0.3 is 0 Å². The predicted molar refractivity (Wildman–Crippen MR) is 70.0 cm³/mol. The van der Waals surface area contributed by atoms with E-state index in [0.717, 1.165) is 0 Å². The molecule has 0 unspecified atom stereocenters. The van der Waals surface area contributed by atoms with Gasteiger partial charge in [-0.2, -0.15) is 0 Å². The molecule has 17 heavy (non-hydrogen) atoms. The van der Waals surface area contributed by atoms with Crippen LogP contribution in [0.15, 0.2) is 60.7 Å². The molecular formula is C16H19I+. The van der Waals surface area contributed by atoms with Crippen LogP contribution >= 0.6 is 0 Å². The number of hydrogen-bond acceptors (Lipinski definition) is 0. The van der Waals surface area contributed by atoms with Crippen molar-refractivity contribution in [2.45, 2.75) is 24.2 Å². The molecule has 0 spiro atoms. The van der Waals surface area contributed by atoms with Gasteiger partial charge in [0.2, 0.25) is 0 Å². The van der Waals surface area contributed by atoms with Crippen LogP contribution < -0.4 is 19.8 Å². The summed E-state index contributed by atoms with van der Waals surface area (Å²) in [7, 11) is 0. The van der Waals surface area contributed by atoms with Gasteiger partial charge in [0.15, 0.2) is 7.14 Å². The van der Waals surface area contributed by atoms with E-state index in [1.54, 1.807) is 7.14 Å². The minimum atomic E-state index is -1.34. The van der Waals surface area contributed by atoms with Crippen molar-refractivity contribution in [2.75, 3.05) is 0 Å². The van der Waals surface area contributed by atoms with E-state index in [1.807, 2.05) is 0 Å². The molecule has 0 aliphatic carbocycles. The van der Waals surface area contributed by atoms with Crippen LogP contribution in [-0.4, -0.2) is 3.42 Å². The number of halogens is 1. The van der Waals surface area contributed by atoms with Crippen molar-refractivity contribution in [3.8, 4) is 0 Å². The number of alkyl halides is 1. The molecule has 0 nitrogen and oxygen atoms in total. The Kier molecular flexibility index (Phi) is 3.87. The lowest BCUT2D eigenvalue weighted by atomic mass is 10.3. The van der Waals surface area contributed by atoms with Gasteiger partial charge in [0.25, 0.3) is 0 Å². The molecule has 0 aliphatic rings. The first kappa shape index (κ1) is 12.6. The molecule has 0 saturated carbocycles. The zero-order chi connectivity index (χ0) is 12.3. The summed E-state index contributed by atoms with van der Waals surface area (Å²) in [5.41, 5.74) is 0. The average molecular weight is 338 g/mol. The number of rotatable bonds is 2. The van der Waals surface area contributed by atoms with Crippen LogP contribution in [0.5, 0.6) is 0 Å². The summed E-state index contributed by atoms with van der Waals surface area (Å²) in [6.07, 6.45) is 0. The number of benzene rings is 2. The molecule has 0 amide bonds. The molecule has 0 aromatic heterocycles. The highest BCUT2D eigenvalue weighted by Gasteiger charge is 2.39. The normalized spacial score (nSPS) is 11.8. The second-order valence-electron chi connectivity index (χ2n) is 4.94. The zero-order valence-corrected chi connectivity index (χ0v) is 12.8. The molecule has 0 saturated heterocycles. The smallest absolute Gasteiger partial charge is 0.0619 e. The summed E-state index contributed by atoms with van der Waals surface area (Å²) in [6.45, 7) is 7.12. The summed E-state index contributed by atoms with van der Waals surface area (Å²) >= 11 is -1.34. The molecule has 0 fully saturated rings. The molecule has 0 atom stereocenters. The van der Waals surface area contributed by atoms with E-state index in [4.69, 9.17) is 0 Å². The van der Waals surface area contributed by atoms with Crippen molar-refractivity contribution in [1.29, 1.82) is 0 Å². The van der Waals surface area contributed by atoms with Crippen molar-refractivity contribution >= 4 is 0 Å². The molecule has 0 aliphatic heterocycles. The second-order valence-corrected chi connectivity index (χ2v) is 12.3. The van der Waals surface area contributed by atoms with E-state index in [9.17, 15) is 0 Å². The third-order valence-corrected chi connectivity index (χ3v) is 9.64. The molecule has 1 heteroatoms. The standard InChI is InChI=1S/C16H19I/c1-16(2,3)17(14-10-6-4-7-11-14)15-12-8-5-9-13-15/h4-13H,1-3H3/q+1. The van der Waals surface area contributed by atoms with Gasteiger partial charge in [-0.3, -0.25) is 0 Å². The van der Waals surface area contributed by atoms with Crippen LogP contribution in [0.3, 0.4) is 0 Å². The highest BCUT2D eigenvalue weighted by molar-refractivity contribution is 5.04. The van der Waals surface area contributed by atoms with E-state index >= 15 is 0 Å². The largest absolute Gasteiger partial charge is 0.151 e. The van der Waals surface area contributed by atoms with Gasteiger partial charge in [-0.25, -0.2) is 0 Å². The maximum atomic E-state index is 2.37. The average Bonchev–Trinajstić information content (AvgIpc) is 2.30. The van der Waals surface area contributed by atoms with Gasteiger partial charge in [0, 0.05) is 0 Å². The summed E-state index contributed by atoms with van der Waals surface area (Å²) in [5, 5.41) is 0. The van der Waals surface area contributed by atoms with Crippen LogP contribution in [0.2, 0.25) is 0 Å². The first-order valence-electron chi connectivity index (χ1n) is 5.89. The lowest BCUT2D eigenvalue weighted by Gasteiger charge is -2.19. The fraction of sp³-hybridized carbons (Fsp3) is 0.250. The highest BCUT2D eigenvalue weighted by atomic mass is 127. The summed E-state index contributed by atoms with van der Waals surface area (Å²) in [5.74, 6) is 0. The lowest BCUT2D eigenvalue weighted by molar-refractivity contribution is -0.905. The lowest BCUT2D eigenvalue weighted by Crippen LogP contribution is -3.90. The van der Waals surface area contributed by atoms with Crippen molar-refractivity contribution in [2.24, 2.45) is 0 Å². The maximum Gasteiger partial charge on any atom is 0.151 e. The third kappa shape index (κ3) is 3.09. The topological polar surface area (TPSA) is 0 Å². The Labute approximate surface area is 111 Å². The predicted octanol–water partition coefficient (Wildman–Crippen LogP) is 1.15. The van der Waals surface area contributed by atoms with Crippen LogP contribution in [0.25, 0.3) is 0 Å². The molecule has 2 aromatic rings. The van der Waals surface area contributed by atoms with Crippen LogP contribution in [-0.2, 0) is 0 Å². The summed E-state index contributed by atoms with van der Waals surface area (Å²) < 4.78 is 3.48. The fourth-order valence-corrected chi connectivity index (χ4v) is 8.59. The van der Waals surface area contributed by atoms with E-state index in [-0.39, 0.29) is 0 Å². The molecule has 2 aromatic carbocycles. The molecule has 89 valence electrons.